The Kier molecular flexibility index (Phi) is 5.07. The summed E-state index contributed by atoms with van der Waals surface area (Å²) in [5.41, 5.74) is 0.563. The summed E-state index contributed by atoms with van der Waals surface area (Å²) >= 11 is 0. The van der Waals surface area contributed by atoms with Crippen LogP contribution in [0, 0.1) is 0 Å². The summed E-state index contributed by atoms with van der Waals surface area (Å²) in [5, 5.41) is 0. The van der Waals surface area contributed by atoms with Crippen LogP contribution in [0.1, 0.15) is 0 Å². The van der Waals surface area contributed by atoms with Gasteiger partial charge in [0.05, 0.1) is 23.3 Å². The molecule has 144 valence electrons. The number of aromatic nitrogens is 1. The first kappa shape index (κ1) is 19.1. The second-order valence-electron chi connectivity index (χ2n) is 5.61. The smallest absolute Gasteiger partial charge is 0.406 e. The first-order valence-corrected chi connectivity index (χ1v) is 9.17. The van der Waals surface area contributed by atoms with Gasteiger partial charge in [-0.2, -0.15) is 4.31 Å². The number of hydrogen-bond donors (Lipinski definition) is 0. The van der Waals surface area contributed by atoms with Gasteiger partial charge in [0.15, 0.2) is 0 Å². The molecule has 0 spiro atoms. The summed E-state index contributed by atoms with van der Waals surface area (Å²) in [4.78, 5) is 17.5. The maximum absolute atomic E-state index is 12.7. The van der Waals surface area contributed by atoms with E-state index in [1.165, 1.54) is 11.1 Å². The fraction of sp³-hybridized carbons (Fsp3) is 0.250. The van der Waals surface area contributed by atoms with E-state index in [-0.39, 0.29) is 24.5 Å². The van der Waals surface area contributed by atoms with Gasteiger partial charge in [0.2, 0.25) is 15.9 Å². The quantitative estimate of drug-likeness (QED) is 0.783. The van der Waals surface area contributed by atoms with Crippen molar-refractivity contribution in [1.29, 1.82) is 0 Å². The maximum Gasteiger partial charge on any atom is 0.573 e. The summed E-state index contributed by atoms with van der Waals surface area (Å²) in [7, 11) is -4.03. The molecule has 0 radical (unpaired) electrons. The highest BCUT2D eigenvalue weighted by atomic mass is 32.2. The predicted molar refractivity (Wildman–Crippen MR) is 88.5 cm³/mol. The van der Waals surface area contributed by atoms with Crippen molar-refractivity contribution in [1.82, 2.24) is 9.29 Å². The lowest BCUT2D eigenvalue weighted by Crippen LogP contribution is -2.52. The third kappa shape index (κ3) is 4.37. The molecule has 0 bridgehead atoms. The lowest BCUT2D eigenvalue weighted by molar-refractivity contribution is -0.274. The molecule has 0 unspecified atom stereocenters. The molecular weight excluding hydrogens is 387 g/mol. The highest BCUT2D eigenvalue weighted by molar-refractivity contribution is 7.89. The zero-order chi connectivity index (χ0) is 19.7. The van der Waals surface area contributed by atoms with Gasteiger partial charge in [0.25, 0.3) is 0 Å². The van der Waals surface area contributed by atoms with Crippen molar-refractivity contribution in [2.75, 3.05) is 24.5 Å². The normalized spacial score (nSPS) is 16.4. The average Bonchev–Trinajstić information content (AvgIpc) is 2.61. The van der Waals surface area contributed by atoms with Crippen LogP contribution in [-0.2, 0) is 14.8 Å². The molecule has 1 aliphatic heterocycles. The molecule has 0 N–H and O–H groups in total. The van der Waals surface area contributed by atoms with Gasteiger partial charge in [-0.25, -0.2) is 8.42 Å². The number of carbonyl (C=O) groups excluding carboxylic acids is 1. The highest BCUT2D eigenvalue weighted by Crippen LogP contribution is 2.26. The number of hydrogen-bond acceptors (Lipinski definition) is 5. The zero-order valence-corrected chi connectivity index (χ0v) is 14.6. The summed E-state index contributed by atoms with van der Waals surface area (Å²) in [6.45, 7) is -0.194. The van der Waals surface area contributed by atoms with Gasteiger partial charge in [-0.3, -0.25) is 9.78 Å². The second kappa shape index (κ2) is 7.16. The van der Waals surface area contributed by atoms with Crippen molar-refractivity contribution in [2.45, 2.75) is 11.3 Å². The average molecular weight is 401 g/mol. The van der Waals surface area contributed by atoms with E-state index in [0.717, 1.165) is 28.6 Å². The highest BCUT2D eigenvalue weighted by Gasteiger charge is 2.34. The van der Waals surface area contributed by atoms with E-state index in [1.54, 1.807) is 18.3 Å². The predicted octanol–water partition coefficient (Wildman–Crippen LogP) is 2.02. The van der Waals surface area contributed by atoms with Gasteiger partial charge in [0.1, 0.15) is 5.75 Å². The van der Waals surface area contributed by atoms with Gasteiger partial charge >= 0.3 is 6.36 Å². The van der Waals surface area contributed by atoms with Crippen molar-refractivity contribution in [2.24, 2.45) is 0 Å². The Bertz CT molecular complexity index is 918. The molecular formula is C16H14F3N3O4S. The molecule has 27 heavy (non-hydrogen) atoms. The largest absolute Gasteiger partial charge is 0.573 e. The third-order valence-electron chi connectivity index (χ3n) is 3.84. The minimum atomic E-state index is -4.87. The van der Waals surface area contributed by atoms with Crippen molar-refractivity contribution < 1.29 is 31.1 Å². The molecule has 0 aliphatic carbocycles. The first-order valence-electron chi connectivity index (χ1n) is 7.73. The Labute approximate surface area is 153 Å². The molecule has 2 heterocycles. The number of rotatable bonds is 4. The Morgan fingerprint density at radius 2 is 1.78 bits per heavy atom. The van der Waals surface area contributed by atoms with Crippen LogP contribution in [0.15, 0.2) is 53.7 Å². The number of sulfonamides is 1. The number of nitrogens with zero attached hydrogens (tertiary/aromatic N) is 3. The van der Waals surface area contributed by atoms with E-state index in [0.29, 0.717) is 5.69 Å². The fourth-order valence-electron chi connectivity index (χ4n) is 2.61. The number of pyridine rings is 1. The van der Waals surface area contributed by atoms with Crippen molar-refractivity contribution in [3.8, 4) is 5.75 Å². The second-order valence-corrected chi connectivity index (χ2v) is 7.55. The van der Waals surface area contributed by atoms with Gasteiger partial charge in [-0.15, -0.1) is 13.2 Å². The summed E-state index contributed by atoms with van der Waals surface area (Å²) in [6, 6.07) is 7.19. The fourth-order valence-corrected chi connectivity index (χ4v) is 3.99. The van der Waals surface area contributed by atoms with Crippen LogP contribution in [0.4, 0.5) is 18.9 Å². The molecule has 1 aromatic carbocycles. The molecule has 1 aliphatic rings. The number of anilines is 1. The summed E-state index contributed by atoms with van der Waals surface area (Å²) in [6.07, 6.45) is -1.81. The number of alkyl halides is 3. The van der Waals surface area contributed by atoms with E-state index in [4.69, 9.17) is 0 Å². The lowest BCUT2D eigenvalue weighted by Gasteiger charge is -2.33. The number of ether oxygens (including phenoxy) is 1. The molecule has 1 fully saturated rings. The molecule has 0 atom stereocenters. The number of carbonyl (C=O) groups is 1. The molecule has 7 nitrogen and oxygen atoms in total. The number of benzene rings is 1. The zero-order valence-electron chi connectivity index (χ0n) is 13.8. The Morgan fingerprint density at radius 3 is 2.33 bits per heavy atom. The molecule has 3 rings (SSSR count). The van der Waals surface area contributed by atoms with E-state index in [2.05, 4.69) is 9.72 Å². The number of halogens is 3. The van der Waals surface area contributed by atoms with Crippen LogP contribution in [0.5, 0.6) is 5.75 Å². The molecule has 1 aromatic heterocycles. The van der Waals surface area contributed by atoms with Crippen LogP contribution in [0.3, 0.4) is 0 Å². The Hall–Kier alpha value is -2.66. The molecule has 0 saturated carbocycles. The monoisotopic (exact) mass is 401 g/mol. The van der Waals surface area contributed by atoms with Crippen molar-refractivity contribution in [3.63, 3.8) is 0 Å². The van der Waals surface area contributed by atoms with E-state index in [1.807, 2.05) is 0 Å². The van der Waals surface area contributed by atoms with Crippen LogP contribution < -0.4 is 9.64 Å². The van der Waals surface area contributed by atoms with Crippen molar-refractivity contribution >= 4 is 21.6 Å². The van der Waals surface area contributed by atoms with Crippen LogP contribution in [-0.4, -0.2) is 49.6 Å². The minimum Gasteiger partial charge on any atom is -0.406 e. The first-order chi connectivity index (χ1) is 12.7. The van der Waals surface area contributed by atoms with E-state index >= 15 is 0 Å². The van der Waals surface area contributed by atoms with Crippen LogP contribution in [0.2, 0.25) is 0 Å². The van der Waals surface area contributed by atoms with E-state index < -0.39 is 28.0 Å². The molecule has 2 aromatic rings. The summed E-state index contributed by atoms with van der Waals surface area (Å²) < 4.78 is 66.6. The van der Waals surface area contributed by atoms with Gasteiger partial charge in [-0.1, -0.05) is 0 Å². The SMILES string of the molecule is O=C1CN(S(=O)(=O)c2ccc(OC(F)(F)F)cc2)CCN1c1cccnc1. The Morgan fingerprint density at radius 1 is 1.07 bits per heavy atom. The molecule has 1 saturated heterocycles. The van der Waals surface area contributed by atoms with Gasteiger partial charge < -0.3 is 9.64 Å². The topological polar surface area (TPSA) is 79.8 Å². The van der Waals surface area contributed by atoms with Gasteiger partial charge in [0, 0.05) is 19.3 Å². The molecule has 1 amide bonds. The Balaban J connectivity index is 1.74. The number of amides is 1. The van der Waals surface area contributed by atoms with E-state index in [9.17, 15) is 26.4 Å². The number of piperazine rings is 1. The maximum atomic E-state index is 12.7. The van der Waals surface area contributed by atoms with Crippen molar-refractivity contribution in [3.05, 3.63) is 48.8 Å². The van der Waals surface area contributed by atoms with Crippen LogP contribution >= 0.6 is 0 Å². The minimum absolute atomic E-state index is 0.0454. The summed E-state index contributed by atoms with van der Waals surface area (Å²) in [5.74, 6) is -0.950. The standard InChI is InChI=1S/C16H14F3N3O4S/c17-16(18,19)26-13-3-5-14(6-4-13)27(24,25)21-8-9-22(15(23)11-21)12-2-1-7-20-10-12/h1-7,10H,8-9,11H2. The van der Waals surface area contributed by atoms with Gasteiger partial charge in [-0.05, 0) is 36.4 Å². The third-order valence-corrected chi connectivity index (χ3v) is 5.70. The lowest BCUT2D eigenvalue weighted by atomic mass is 10.3. The molecule has 11 heteroatoms. The van der Waals surface area contributed by atoms with Crippen LogP contribution in [0.25, 0.3) is 0 Å².